The molecule has 2 nitrogen and oxygen atoms in total. The molecule has 0 radical (unpaired) electrons. The zero-order valence-electron chi connectivity index (χ0n) is 37.6. The second-order valence-electron chi connectivity index (χ2n) is 17.0. The molecule has 0 saturated heterocycles. The molecule has 0 N–H and O–H groups in total. The first-order valence-corrected chi connectivity index (χ1v) is 23.2. The number of benzene rings is 11. The molecule has 11 aromatic rings. The maximum absolute atomic E-state index is 2.34. The third-order valence-electron chi connectivity index (χ3n) is 12.7. The summed E-state index contributed by atoms with van der Waals surface area (Å²) >= 11 is 0. The lowest BCUT2D eigenvalue weighted by molar-refractivity contribution is 1.26. The molecular formula is C66H48N2. The van der Waals surface area contributed by atoms with Crippen LogP contribution in [-0.2, 0) is 0 Å². The largest absolute Gasteiger partial charge is 0.311 e. The van der Waals surface area contributed by atoms with Crippen molar-refractivity contribution < 1.29 is 0 Å². The molecule has 0 amide bonds. The Morgan fingerprint density at radius 3 is 0.397 bits per heavy atom. The fourth-order valence-corrected chi connectivity index (χ4v) is 9.09. The number of nitrogens with zero attached hydrogens (tertiary/aromatic N) is 2. The van der Waals surface area contributed by atoms with Crippen molar-refractivity contribution in [2.75, 3.05) is 9.80 Å². The van der Waals surface area contributed by atoms with Crippen molar-refractivity contribution in [1.29, 1.82) is 0 Å². The van der Waals surface area contributed by atoms with E-state index in [1.54, 1.807) is 0 Å². The van der Waals surface area contributed by atoms with Crippen molar-refractivity contribution in [2.45, 2.75) is 0 Å². The summed E-state index contributed by atoms with van der Waals surface area (Å²) in [4.78, 5) is 4.69. The van der Waals surface area contributed by atoms with Gasteiger partial charge in [0.2, 0.25) is 0 Å². The van der Waals surface area contributed by atoms with Crippen molar-refractivity contribution in [3.05, 3.63) is 291 Å². The van der Waals surface area contributed by atoms with Gasteiger partial charge in [-0.2, -0.15) is 0 Å². The fourth-order valence-electron chi connectivity index (χ4n) is 9.09. The molecule has 68 heavy (non-hydrogen) atoms. The molecule has 0 heterocycles. The van der Waals surface area contributed by atoms with Crippen LogP contribution in [0.15, 0.2) is 291 Å². The predicted octanol–water partition coefficient (Wildman–Crippen LogP) is 18.6. The normalized spacial score (nSPS) is 10.9. The summed E-state index contributed by atoms with van der Waals surface area (Å²) in [5.41, 5.74) is 20.8. The van der Waals surface area contributed by atoms with Crippen LogP contribution in [0.25, 0.3) is 66.8 Å². The average molecular weight is 869 g/mol. The van der Waals surface area contributed by atoms with Gasteiger partial charge in [0.05, 0.1) is 0 Å². The van der Waals surface area contributed by atoms with Gasteiger partial charge in [0.25, 0.3) is 0 Å². The summed E-state index contributed by atoms with van der Waals surface area (Å²) < 4.78 is 0. The van der Waals surface area contributed by atoms with Crippen LogP contribution in [0.2, 0.25) is 0 Å². The quantitative estimate of drug-likeness (QED) is 0.121. The molecule has 0 saturated carbocycles. The second-order valence-corrected chi connectivity index (χ2v) is 17.0. The molecule has 0 fully saturated rings. The van der Waals surface area contributed by atoms with E-state index in [1.807, 2.05) is 0 Å². The molecule has 0 spiro atoms. The van der Waals surface area contributed by atoms with Crippen LogP contribution < -0.4 is 9.80 Å². The van der Waals surface area contributed by atoms with E-state index in [1.165, 1.54) is 66.8 Å². The van der Waals surface area contributed by atoms with E-state index in [9.17, 15) is 0 Å². The minimum absolute atomic E-state index is 1.06. The molecule has 0 atom stereocenters. The first-order chi connectivity index (χ1) is 33.7. The first-order valence-electron chi connectivity index (χ1n) is 23.2. The van der Waals surface area contributed by atoms with Gasteiger partial charge in [-0.3, -0.25) is 0 Å². The fraction of sp³-hybridized carbons (Fsp3) is 0. The van der Waals surface area contributed by atoms with Crippen LogP contribution in [0.3, 0.4) is 0 Å². The van der Waals surface area contributed by atoms with Gasteiger partial charge in [0, 0.05) is 34.1 Å². The monoisotopic (exact) mass is 868 g/mol. The number of hydrogen-bond donors (Lipinski definition) is 0. The Morgan fingerprint density at radius 1 is 0.118 bits per heavy atom. The highest BCUT2D eigenvalue weighted by molar-refractivity contribution is 5.84. The Kier molecular flexibility index (Phi) is 11.8. The van der Waals surface area contributed by atoms with E-state index in [4.69, 9.17) is 0 Å². The Balaban J connectivity index is 0.935. The lowest BCUT2D eigenvalue weighted by Crippen LogP contribution is -2.12. The van der Waals surface area contributed by atoms with Crippen molar-refractivity contribution in [1.82, 2.24) is 0 Å². The number of rotatable bonds is 12. The minimum Gasteiger partial charge on any atom is -0.311 e. The van der Waals surface area contributed by atoms with Gasteiger partial charge in [-0.25, -0.2) is 0 Å². The zero-order valence-corrected chi connectivity index (χ0v) is 37.6. The van der Waals surface area contributed by atoms with Gasteiger partial charge >= 0.3 is 0 Å². The molecule has 11 rings (SSSR count). The molecule has 0 aliphatic heterocycles. The molecule has 0 bridgehead atoms. The van der Waals surface area contributed by atoms with Crippen LogP contribution in [0.4, 0.5) is 34.1 Å². The number of anilines is 6. The highest BCUT2D eigenvalue weighted by atomic mass is 15.2. The predicted molar refractivity (Wildman–Crippen MR) is 288 cm³/mol. The van der Waals surface area contributed by atoms with Gasteiger partial charge in [-0.1, -0.05) is 218 Å². The van der Waals surface area contributed by atoms with Crippen molar-refractivity contribution in [3.8, 4) is 66.8 Å². The van der Waals surface area contributed by atoms with E-state index in [0.717, 1.165) is 34.1 Å². The van der Waals surface area contributed by atoms with E-state index in [2.05, 4.69) is 301 Å². The van der Waals surface area contributed by atoms with Gasteiger partial charge in [-0.05, 0) is 140 Å². The van der Waals surface area contributed by atoms with Crippen molar-refractivity contribution in [2.24, 2.45) is 0 Å². The summed E-state index contributed by atoms with van der Waals surface area (Å²) in [6.07, 6.45) is 0. The van der Waals surface area contributed by atoms with Gasteiger partial charge in [0.15, 0.2) is 0 Å². The van der Waals surface area contributed by atoms with Crippen molar-refractivity contribution >= 4 is 34.1 Å². The maximum Gasteiger partial charge on any atom is 0.0463 e. The Morgan fingerprint density at radius 2 is 0.235 bits per heavy atom. The standard InChI is InChI=1S/C66H48N2/c1-5-13-49(14-6-1)53-21-25-55(26-22-53)59-33-41-63(42-34-59)67(61-37-29-57(30-38-61)51-17-9-3-10-18-51)65-45-47-66(48-46-65)68(62-39-31-58(32-40-62)52-19-11-4-12-20-52)64-43-35-60(36-44-64)56-27-23-54(24-28-56)50-15-7-2-8-16-50/h1-48H. The molecule has 0 unspecified atom stereocenters. The van der Waals surface area contributed by atoms with Crippen LogP contribution in [0, 0.1) is 0 Å². The van der Waals surface area contributed by atoms with Crippen molar-refractivity contribution in [3.63, 3.8) is 0 Å². The van der Waals surface area contributed by atoms with E-state index >= 15 is 0 Å². The van der Waals surface area contributed by atoms with Crippen LogP contribution >= 0.6 is 0 Å². The molecule has 11 aromatic carbocycles. The molecule has 0 aromatic heterocycles. The Labute approximate surface area is 400 Å². The maximum atomic E-state index is 2.34. The summed E-state index contributed by atoms with van der Waals surface area (Å²) in [7, 11) is 0. The van der Waals surface area contributed by atoms with E-state index in [0.29, 0.717) is 0 Å². The first kappa shape index (κ1) is 41.7. The molecular weight excluding hydrogens is 821 g/mol. The Bertz CT molecular complexity index is 3100. The molecule has 322 valence electrons. The van der Waals surface area contributed by atoms with Crippen LogP contribution in [0.5, 0.6) is 0 Å². The summed E-state index contributed by atoms with van der Waals surface area (Å²) in [6, 6.07) is 105. The molecule has 0 aliphatic carbocycles. The third kappa shape index (κ3) is 9.00. The van der Waals surface area contributed by atoms with Crippen LogP contribution in [0.1, 0.15) is 0 Å². The van der Waals surface area contributed by atoms with Gasteiger partial charge in [0.1, 0.15) is 0 Å². The smallest absolute Gasteiger partial charge is 0.0463 e. The SMILES string of the molecule is c1ccc(-c2ccc(-c3ccc(N(c4ccc(-c5ccccc5)cc4)c4ccc(N(c5ccc(-c6ccccc6)cc5)c5ccc(-c6ccc(-c7ccccc7)cc6)cc5)cc4)cc3)cc2)cc1. The lowest BCUT2D eigenvalue weighted by atomic mass is 10.00. The average Bonchev–Trinajstić information content (AvgIpc) is 3.43. The highest BCUT2D eigenvalue weighted by Crippen LogP contribution is 2.41. The second kappa shape index (κ2) is 19.2. The summed E-state index contributed by atoms with van der Waals surface area (Å²) in [5.74, 6) is 0. The zero-order chi connectivity index (χ0) is 45.5. The van der Waals surface area contributed by atoms with E-state index in [-0.39, 0.29) is 0 Å². The summed E-state index contributed by atoms with van der Waals surface area (Å²) in [6.45, 7) is 0. The number of hydrogen-bond acceptors (Lipinski definition) is 2. The third-order valence-corrected chi connectivity index (χ3v) is 12.7. The van der Waals surface area contributed by atoms with Crippen LogP contribution in [-0.4, -0.2) is 0 Å². The molecule has 0 aliphatic rings. The Hall–Kier alpha value is -8.98. The highest BCUT2D eigenvalue weighted by Gasteiger charge is 2.17. The topological polar surface area (TPSA) is 6.48 Å². The lowest BCUT2D eigenvalue weighted by Gasteiger charge is -2.29. The summed E-state index contributed by atoms with van der Waals surface area (Å²) in [5, 5.41) is 0. The van der Waals surface area contributed by atoms with E-state index < -0.39 is 0 Å². The van der Waals surface area contributed by atoms with Gasteiger partial charge in [-0.15, -0.1) is 0 Å². The minimum atomic E-state index is 1.06. The van der Waals surface area contributed by atoms with Gasteiger partial charge < -0.3 is 9.80 Å². The molecule has 2 heteroatoms.